The highest BCUT2D eigenvalue weighted by molar-refractivity contribution is 7.80. The summed E-state index contributed by atoms with van der Waals surface area (Å²) in [5.41, 5.74) is 8.20. The summed E-state index contributed by atoms with van der Waals surface area (Å²) in [6.07, 6.45) is 3.63. The van der Waals surface area contributed by atoms with E-state index in [1.807, 2.05) is 32.0 Å². The van der Waals surface area contributed by atoms with Crippen molar-refractivity contribution in [2.24, 2.45) is 11.8 Å². The molecule has 0 aliphatic heterocycles. The molecule has 4 nitrogen and oxygen atoms in total. The second-order valence-corrected chi connectivity index (χ2v) is 7.15. The Balaban J connectivity index is 1.86. The van der Waals surface area contributed by atoms with Crippen LogP contribution in [0, 0.1) is 25.7 Å². The third-order valence-corrected chi connectivity index (χ3v) is 5.17. The first-order chi connectivity index (χ1) is 10.9. The van der Waals surface area contributed by atoms with E-state index in [0.717, 1.165) is 17.5 Å². The molecule has 0 bridgehead atoms. The molecule has 23 heavy (non-hydrogen) atoms. The molecule has 1 amide bonds. The average molecular weight is 334 g/mol. The number of carbonyl (C=O) groups is 1. The first-order valence-electron chi connectivity index (χ1n) is 8.32. The zero-order valence-electron chi connectivity index (χ0n) is 14.4. The topological polar surface area (TPSA) is 53.2 Å². The normalized spacial score (nSPS) is 23.9. The van der Waals surface area contributed by atoms with Gasteiger partial charge in [0.1, 0.15) is 0 Å². The van der Waals surface area contributed by atoms with Gasteiger partial charge in [0.15, 0.2) is 5.11 Å². The van der Waals surface area contributed by atoms with Crippen molar-refractivity contribution in [3.05, 3.63) is 34.9 Å². The quantitative estimate of drug-likeness (QED) is 0.574. The Kier molecular flexibility index (Phi) is 5.99. The van der Waals surface area contributed by atoms with Crippen molar-refractivity contribution in [2.45, 2.75) is 53.0 Å². The van der Waals surface area contributed by atoms with E-state index in [1.54, 1.807) is 0 Å². The number of hydrogen-bond acceptors (Lipinski definition) is 2. The molecule has 1 aromatic rings. The third-order valence-electron chi connectivity index (χ3n) is 4.95. The lowest BCUT2D eigenvalue weighted by atomic mass is 9.78. The standard InChI is InChI=1S/C18H27N3OS/c1-11-8-9-13(3)15(10-11)17(22)20-21-18(23)19-16-7-5-6-12(2)14(16)4/h8-10,12,14,16H,5-7H2,1-4H3,(H,20,22)(H2,19,21,23)/t12-,14+,16-/m1/s1. The summed E-state index contributed by atoms with van der Waals surface area (Å²) in [6, 6.07) is 6.20. The van der Waals surface area contributed by atoms with Crippen molar-refractivity contribution in [3.8, 4) is 0 Å². The molecule has 0 aromatic heterocycles. The number of thiocarbonyl (C=S) groups is 1. The van der Waals surface area contributed by atoms with Gasteiger partial charge >= 0.3 is 0 Å². The molecule has 1 aliphatic rings. The molecule has 126 valence electrons. The molecule has 0 heterocycles. The first-order valence-corrected chi connectivity index (χ1v) is 8.73. The Morgan fingerprint density at radius 3 is 2.65 bits per heavy atom. The van der Waals surface area contributed by atoms with E-state index >= 15 is 0 Å². The highest BCUT2D eigenvalue weighted by Crippen LogP contribution is 2.29. The van der Waals surface area contributed by atoms with Gasteiger partial charge in [-0.2, -0.15) is 0 Å². The van der Waals surface area contributed by atoms with Gasteiger partial charge in [-0.15, -0.1) is 0 Å². The number of amides is 1. The van der Waals surface area contributed by atoms with Gasteiger partial charge in [-0.1, -0.05) is 44.4 Å². The molecular formula is C18H27N3OS. The first kappa shape index (κ1) is 17.7. The van der Waals surface area contributed by atoms with Gasteiger partial charge in [0.05, 0.1) is 0 Å². The lowest BCUT2D eigenvalue weighted by Gasteiger charge is -2.35. The summed E-state index contributed by atoms with van der Waals surface area (Å²) in [7, 11) is 0. The van der Waals surface area contributed by atoms with Crippen LogP contribution >= 0.6 is 12.2 Å². The molecular weight excluding hydrogens is 306 g/mol. The van der Waals surface area contributed by atoms with Crippen molar-refractivity contribution in [1.29, 1.82) is 0 Å². The summed E-state index contributed by atoms with van der Waals surface area (Å²) in [4.78, 5) is 12.3. The van der Waals surface area contributed by atoms with E-state index in [2.05, 4.69) is 30.0 Å². The van der Waals surface area contributed by atoms with Gasteiger partial charge in [-0.25, -0.2) is 0 Å². The Hall–Kier alpha value is -1.62. The van der Waals surface area contributed by atoms with Gasteiger partial charge in [0.25, 0.3) is 5.91 Å². The summed E-state index contributed by atoms with van der Waals surface area (Å²) in [6.45, 7) is 8.45. The van der Waals surface area contributed by atoms with E-state index in [0.29, 0.717) is 28.6 Å². The Morgan fingerprint density at radius 1 is 1.17 bits per heavy atom. The predicted molar refractivity (Wildman–Crippen MR) is 98.2 cm³/mol. The molecule has 1 saturated carbocycles. The zero-order valence-corrected chi connectivity index (χ0v) is 15.2. The van der Waals surface area contributed by atoms with Gasteiger partial charge in [0.2, 0.25) is 0 Å². The molecule has 3 atom stereocenters. The summed E-state index contributed by atoms with van der Waals surface area (Å²) >= 11 is 5.32. The number of hydrazine groups is 1. The van der Waals surface area contributed by atoms with Gasteiger partial charge in [-0.3, -0.25) is 15.6 Å². The van der Waals surface area contributed by atoms with Crippen molar-refractivity contribution in [1.82, 2.24) is 16.2 Å². The van der Waals surface area contributed by atoms with Crippen LogP contribution in [0.3, 0.4) is 0 Å². The highest BCUT2D eigenvalue weighted by Gasteiger charge is 2.27. The van der Waals surface area contributed by atoms with Crippen LogP contribution in [0.4, 0.5) is 0 Å². The fourth-order valence-corrected chi connectivity index (χ4v) is 3.35. The average Bonchev–Trinajstić information content (AvgIpc) is 2.52. The van der Waals surface area contributed by atoms with Crippen LogP contribution in [0.5, 0.6) is 0 Å². The van der Waals surface area contributed by atoms with Gasteiger partial charge in [-0.05, 0) is 56.0 Å². The minimum atomic E-state index is -0.166. The maximum absolute atomic E-state index is 12.3. The summed E-state index contributed by atoms with van der Waals surface area (Å²) in [5, 5.41) is 3.82. The van der Waals surface area contributed by atoms with Gasteiger partial charge < -0.3 is 5.32 Å². The van der Waals surface area contributed by atoms with Crippen LogP contribution in [0.2, 0.25) is 0 Å². The smallest absolute Gasteiger partial charge is 0.269 e. The summed E-state index contributed by atoms with van der Waals surface area (Å²) < 4.78 is 0. The third kappa shape index (κ3) is 4.67. The monoisotopic (exact) mass is 333 g/mol. The van der Waals surface area contributed by atoms with Crippen LogP contribution in [0.15, 0.2) is 18.2 Å². The Labute approximate surface area is 144 Å². The van der Waals surface area contributed by atoms with Crippen molar-refractivity contribution < 1.29 is 4.79 Å². The molecule has 2 rings (SSSR count). The Bertz CT molecular complexity index is 588. The molecule has 0 radical (unpaired) electrons. The highest BCUT2D eigenvalue weighted by atomic mass is 32.1. The molecule has 1 fully saturated rings. The van der Waals surface area contributed by atoms with Crippen LogP contribution < -0.4 is 16.2 Å². The lowest BCUT2D eigenvalue weighted by molar-refractivity contribution is 0.0942. The van der Waals surface area contributed by atoms with E-state index in [-0.39, 0.29) is 5.91 Å². The molecule has 1 aromatic carbocycles. The minimum Gasteiger partial charge on any atom is -0.358 e. The van der Waals surface area contributed by atoms with Crippen LogP contribution in [-0.4, -0.2) is 17.1 Å². The maximum atomic E-state index is 12.3. The van der Waals surface area contributed by atoms with Crippen LogP contribution in [0.1, 0.15) is 54.6 Å². The van der Waals surface area contributed by atoms with Crippen LogP contribution in [-0.2, 0) is 0 Å². The fraction of sp³-hybridized carbons (Fsp3) is 0.556. The zero-order chi connectivity index (χ0) is 17.0. The second-order valence-electron chi connectivity index (χ2n) is 6.74. The van der Waals surface area contributed by atoms with Crippen molar-refractivity contribution >= 4 is 23.2 Å². The largest absolute Gasteiger partial charge is 0.358 e. The molecule has 0 spiro atoms. The van der Waals surface area contributed by atoms with Gasteiger partial charge in [0, 0.05) is 11.6 Å². The van der Waals surface area contributed by atoms with Crippen molar-refractivity contribution in [3.63, 3.8) is 0 Å². The maximum Gasteiger partial charge on any atom is 0.269 e. The molecule has 1 aliphatic carbocycles. The minimum absolute atomic E-state index is 0.166. The number of rotatable bonds is 2. The van der Waals surface area contributed by atoms with E-state index < -0.39 is 0 Å². The van der Waals surface area contributed by atoms with Crippen LogP contribution in [0.25, 0.3) is 0 Å². The summed E-state index contributed by atoms with van der Waals surface area (Å²) in [5.74, 6) is 1.12. The number of carbonyl (C=O) groups excluding carboxylic acids is 1. The molecule has 3 N–H and O–H groups in total. The fourth-order valence-electron chi connectivity index (χ4n) is 3.15. The molecule has 5 heteroatoms. The predicted octanol–water partition coefficient (Wildman–Crippen LogP) is 3.24. The number of benzene rings is 1. The second kappa shape index (κ2) is 7.77. The lowest BCUT2D eigenvalue weighted by Crippen LogP contribution is -2.52. The molecule has 0 saturated heterocycles. The number of aryl methyl sites for hydroxylation is 2. The van der Waals surface area contributed by atoms with E-state index in [4.69, 9.17) is 12.2 Å². The number of hydrogen-bond donors (Lipinski definition) is 3. The SMILES string of the molecule is Cc1ccc(C)c(C(=O)NNC(=S)N[C@@H]2CCC[C@@H](C)[C@@H]2C)c1. The van der Waals surface area contributed by atoms with E-state index in [1.165, 1.54) is 12.8 Å². The van der Waals surface area contributed by atoms with Crippen molar-refractivity contribution in [2.75, 3.05) is 0 Å². The van der Waals surface area contributed by atoms with E-state index in [9.17, 15) is 4.79 Å². The Morgan fingerprint density at radius 2 is 1.91 bits per heavy atom. The molecule has 0 unspecified atom stereocenters. The number of nitrogens with one attached hydrogen (secondary N) is 3.